The lowest BCUT2D eigenvalue weighted by molar-refractivity contribution is 0.157. The third-order valence-electron chi connectivity index (χ3n) is 3.10. The summed E-state index contributed by atoms with van der Waals surface area (Å²) in [7, 11) is -1.82. The van der Waals surface area contributed by atoms with Crippen LogP contribution < -0.4 is 10.5 Å². The van der Waals surface area contributed by atoms with Gasteiger partial charge < -0.3 is 10.5 Å². The summed E-state index contributed by atoms with van der Waals surface area (Å²) in [5.41, 5.74) is 7.24. The first-order valence-corrected chi connectivity index (χ1v) is 8.30. The molecule has 1 unspecified atom stereocenters. The van der Waals surface area contributed by atoms with Crippen LogP contribution >= 0.6 is 0 Å². The number of hydrogen-bond donors (Lipinski definition) is 2. The molecule has 3 N–H and O–H groups in total. The molecular formula is C14H24N2O3S. The molecule has 0 amide bonds. The monoisotopic (exact) mass is 300 g/mol. The van der Waals surface area contributed by atoms with Gasteiger partial charge in [-0.3, -0.25) is 0 Å². The minimum Gasteiger partial charge on any atom is -0.383 e. The molecule has 0 spiro atoms. The molecule has 5 nitrogen and oxygen atoms in total. The van der Waals surface area contributed by atoms with Crippen LogP contribution in [-0.4, -0.2) is 28.2 Å². The van der Waals surface area contributed by atoms with Gasteiger partial charge in [-0.15, -0.1) is 0 Å². The molecule has 0 aliphatic carbocycles. The molecule has 1 atom stereocenters. The Morgan fingerprint density at radius 2 is 1.75 bits per heavy atom. The predicted molar refractivity (Wildman–Crippen MR) is 80.6 cm³/mol. The third kappa shape index (κ3) is 5.58. The second kappa shape index (κ2) is 7.73. The highest BCUT2D eigenvalue weighted by molar-refractivity contribution is 7.88. The molecule has 0 aromatic heterocycles. The van der Waals surface area contributed by atoms with Crippen molar-refractivity contribution < 1.29 is 13.2 Å². The molecular weight excluding hydrogens is 276 g/mol. The van der Waals surface area contributed by atoms with Gasteiger partial charge in [0.1, 0.15) is 0 Å². The summed E-state index contributed by atoms with van der Waals surface area (Å²) in [5.74, 6) is 0.134. The van der Waals surface area contributed by atoms with Crippen molar-refractivity contribution in [3.63, 3.8) is 0 Å². The van der Waals surface area contributed by atoms with Gasteiger partial charge in [0, 0.05) is 19.7 Å². The summed E-state index contributed by atoms with van der Waals surface area (Å²) in [6.07, 6.45) is 0. The van der Waals surface area contributed by atoms with Crippen LogP contribution in [0.2, 0.25) is 0 Å². The van der Waals surface area contributed by atoms with E-state index >= 15 is 0 Å². The van der Waals surface area contributed by atoms with Crippen LogP contribution in [-0.2, 0) is 27.1 Å². The average molecular weight is 300 g/mol. The van der Waals surface area contributed by atoms with Crippen molar-refractivity contribution in [2.24, 2.45) is 11.7 Å². The molecule has 0 radical (unpaired) electrons. The minimum atomic E-state index is -3.38. The van der Waals surface area contributed by atoms with E-state index in [-0.39, 0.29) is 17.7 Å². The molecule has 20 heavy (non-hydrogen) atoms. The number of sulfonamides is 1. The molecule has 0 bridgehead atoms. The van der Waals surface area contributed by atoms with Gasteiger partial charge in [0.05, 0.1) is 12.4 Å². The molecule has 0 aliphatic heterocycles. The zero-order chi connectivity index (χ0) is 15.2. The van der Waals surface area contributed by atoms with Crippen LogP contribution in [0.5, 0.6) is 0 Å². The zero-order valence-corrected chi connectivity index (χ0v) is 13.1. The lowest BCUT2D eigenvalue weighted by atomic mass is 10.1. The topological polar surface area (TPSA) is 81.4 Å². The Morgan fingerprint density at radius 1 is 1.20 bits per heavy atom. The van der Waals surface area contributed by atoms with E-state index in [4.69, 9.17) is 10.5 Å². The highest BCUT2D eigenvalue weighted by atomic mass is 32.2. The van der Waals surface area contributed by atoms with Crippen LogP contribution in [0.4, 0.5) is 0 Å². The molecule has 114 valence electrons. The van der Waals surface area contributed by atoms with Crippen molar-refractivity contribution in [1.29, 1.82) is 0 Å². The van der Waals surface area contributed by atoms with Crippen LogP contribution in [0.15, 0.2) is 24.3 Å². The Labute approximate surface area is 121 Å². The van der Waals surface area contributed by atoms with Gasteiger partial charge in [-0.2, -0.15) is 0 Å². The van der Waals surface area contributed by atoms with Crippen molar-refractivity contribution in [3.05, 3.63) is 35.4 Å². The SMILES string of the molecule is COCC(NS(=O)(=O)Cc1ccc(CN)cc1)C(C)C. The van der Waals surface area contributed by atoms with Gasteiger partial charge in [0.2, 0.25) is 10.0 Å². The van der Waals surface area contributed by atoms with E-state index in [1.165, 1.54) is 0 Å². The van der Waals surface area contributed by atoms with E-state index in [1.807, 2.05) is 26.0 Å². The Kier molecular flexibility index (Phi) is 6.61. The maximum atomic E-state index is 12.2. The van der Waals surface area contributed by atoms with Crippen LogP contribution in [0.3, 0.4) is 0 Å². The first-order chi connectivity index (χ1) is 9.38. The molecule has 0 saturated heterocycles. The first-order valence-electron chi connectivity index (χ1n) is 6.64. The van der Waals surface area contributed by atoms with Crippen molar-refractivity contribution in [1.82, 2.24) is 4.72 Å². The van der Waals surface area contributed by atoms with Crippen molar-refractivity contribution in [2.75, 3.05) is 13.7 Å². The number of rotatable bonds is 8. The molecule has 1 aromatic rings. The molecule has 0 heterocycles. The summed E-state index contributed by atoms with van der Waals surface area (Å²) in [6, 6.07) is 7.07. The highest BCUT2D eigenvalue weighted by Gasteiger charge is 2.21. The molecule has 6 heteroatoms. The standard InChI is InChI=1S/C14H24N2O3S/c1-11(2)14(9-19-3)16-20(17,18)10-13-6-4-12(8-15)5-7-13/h4-7,11,14,16H,8-10,15H2,1-3H3. The van der Waals surface area contributed by atoms with E-state index in [1.54, 1.807) is 19.2 Å². The minimum absolute atomic E-state index is 0.0369. The average Bonchev–Trinajstić information content (AvgIpc) is 2.38. The van der Waals surface area contributed by atoms with Gasteiger partial charge >= 0.3 is 0 Å². The largest absolute Gasteiger partial charge is 0.383 e. The second-order valence-corrected chi connectivity index (χ2v) is 6.96. The summed E-state index contributed by atoms with van der Waals surface area (Å²) in [4.78, 5) is 0. The second-order valence-electron chi connectivity index (χ2n) is 5.20. The maximum Gasteiger partial charge on any atom is 0.216 e. The van der Waals surface area contributed by atoms with Gasteiger partial charge in [-0.25, -0.2) is 13.1 Å². The van der Waals surface area contributed by atoms with Gasteiger partial charge in [0.15, 0.2) is 0 Å². The van der Waals surface area contributed by atoms with Crippen molar-refractivity contribution in [3.8, 4) is 0 Å². The number of ether oxygens (including phenoxy) is 1. The normalized spacial score (nSPS) is 13.7. The number of nitrogens with two attached hydrogens (primary N) is 1. The Hall–Kier alpha value is -0.950. The fourth-order valence-corrected chi connectivity index (χ4v) is 3.32. The Bertz CT molecular complexity index is 498. The van der Waals surface area contributed by atoms with Crippen LogP contribution in [0.25, 0.3) is 0 Å². The zero-order valence-electron chi connectivity index (χ0n) is 12.3. The Morgan fingerprint density at radius 3 is 2.20 bits per heavy atom. The highest BCUT2D eigenvalue weighted by Crippen LogP contribution is 2.10. The fraction of sp³-hybridized carbons (Fsp3) is 0.571. The van der Waals surface area contributed by atoms with Crippen molar-refractivity contribution in [2.45, 2.75) is 32.2 Å². The van der Waals surface area contributed by atoms with E-state index in [0.29, 0.717) is 13.2 Å². The molecule has 0 fully saturated rings. The van der Waals surface area contributed by atoms with Gasteiger partial charge in [-0.1, -0.05) is 38.1 Å². The fourth-order valence-electron chi connectivity index (χ4n) is 1.81. The predicted octanol–water partition coefficient (Wildman–Crippen LogP) is 1.24. The number of hydrogen-bond acceptors (Lipinski definition) is 4. The molecule has 1 rings (SSSR count). The van der Waals surface area contributed by atoms with Crippen LogP contribution in [0.1, 0.15) is 25.0 Å². The summed E-state index contributed by atoms with van der Waals surface area (Å²) >= 11 is 0. The van der Waals surface area contributed by atoms with Gasteiger partial charge in [0.25, 0.3) is 0 Å². The summed E-state index contributed by atoms with van der Waals surface area (Å²) in [5, 5.41) is 0. The molecule has 0 saturated carbocycles. The van der Waals surface area contributed by atoms with E-state index < -0.39 is 10.0 Å². The Balaban J connectivity index is 2.72. The van der Waals surface area contributed by atoms with Crippen LogP contribution in [0, 0.1) is 5.92 Å². The van der Waals surface area contributed by atoms with E-state index in [9.17, 15) is 8.42 Å². The van der Waals surface area contributed by atoms with Crippen molar-refractivity contribution >= 4 is 10.0 Å². The van der Waals surface area contributed by atoms with E-state index in [2.05, 4.69) is 4.72 Å². The number of methoxy groups -OCH3 is 1. The molecule has 1 aromatic carbocycles. The molecule has 0 aliphatic rings. The maximum absolute atomic E-state index is 12.2. The number of benzene rings is 1. The van der Waals surface area contributed by atoms with E-state index in [0.717, 1.165) is 11.1 Å². The lowest BCUT2D eigenvalue weighted by Gasteiger charge is -2.21. The smallest absolute Gasteiger partial charge is 0.216 e. The lowest BCUT2D eigenvalue weighted by Crippen LogP contribution is -2.42. The summed E-state index contributed by atoms with van der Waals surface area (Å²) < 4.78 is 32.0. The van der Waals surface area contributed by atoms with Gasteiger partial charge in [-0.05, 0) is 17.0 Å². The third-order valence-corrected chi connectivity index (χ3v) is 4.47. The summed E-state index contributed by atoms with van der Waals surface area (Å²) in [6.45, 7) is 4.74. The number of nitrogens with one attached hydrogen (secondary N) is 1. The first kappa shape index (κ1) is 17.1. The quantitative estimate of drug-likeness (QED) is 0.757.